The van der Waals surface area contributed by atoms with Gasteiger partial charge in [0.15, 0.2) is 0 Å². The molecule has 0 unspecified atom stereocenters. The number of hydrogen-bond donors (Lipinski definition) is 1. The van der Waals surface area contributed by atoms with E-state index in [4.69, 9.17) is 4.74 Å². The first kappa shape index (κ1) is 22.9. The molecule has 0 radical (unpaired) electrons. The second kappa shape index (κ2) is 10.2. The second-order valence-electron chi connectivity index (χ2n) is 9.09. The Balaban J connectivity index is 1.32. The van der Waals surface area contributed by atoms with Gasteiger partial charge < -0.3 is 15.0 Å². The summed E-state index contributed by atoms with van der Waals surface area (Å²) < 4.78 is 5.90. The van der Waals surface area contributed by atoms with Crippen molar-refractivity contribution < 1.29 is 9.53 Å². The lowest BCUT2D eigenvalue weighted by molar-refractivity contribution is 0.0737. The summed E-state index contributed by atoms with van der Waals surface area (Å²) >= 11 is 0. The molecule has 1 aliphatic heterocycles. The SMILES string of the molecule is Cc1cc(C)nc(Nc2cccc(C(=O)N3CCOC[C@H](Cc4cccc5cnccc45)C3)c2)n1. The van der Waals surface area contributed by atoms with E-state index in [0.717, 1.165) is 28.9 Å². The maximum absolute atomic E-state index is 13.5. The molecular weight excluding hydrogens is 438 g/mol. The summed E-state index contributed by atoms with van der Waals surface area (Å²) in [7, 11) is 0. The van der Waals surface area contributed by atoms with Crippen LogP contribution in [0.3, 0.4) is 0 Å². The fraction of sp³-hybridized carbons (Fsp3) is 0.286. The molecule has 1 aliphatic rings. The minimum absolute atomic E-state index is 0.00705. The molecule has 178 valence electrons. The minimum atomic E-state index is 0.00705. The maximum Gasteiger partial charge on any atom is 0.254 e. The van der Waals surface area contributed by atoms with E-state index in [9.17, 15) is 4.79 Å². The van der Waals surface area contributed by atoms with Crippen LogP contribution < -0.4 is 5.32 Å². The highest BCUT2D eigenvalue weighted by atomic mass is 16.5. The van der Waals surface area contributed by atoms with E-state index in [1.165, 1.54) is 10.9 Å². The van der Waals surface area contributed by atoms with E-state index in [2.05, 4.69) is 44.5 Å². The Morgan fingerprint density at radius 2 is 1.91 bits per heavy atom. The molecule has 0 saturated carbocycles. The fourth-order valence-corrected chi connectivity index (χ4v) is 4.69. The van der Waals surface area contributed by atoms with Crippen molar-refractivity contribution in [2.75, 3.05) is 31.6 Å². The quantitative estimate of drug-likeness (QED) is 0.458. The molecule has 1 N–H and O–H groups in total. The third-order valence-electron chi connectivity index (χ3n) is 6.25. The number of pyridine rings is 1. The normalized spacial score (nSPS) is 16.2. The number of anilines is 2. The van der Waals surface area contributed by atoms with Crippen LogP contribution >= 0.6 is 0 Å². The van der Waals surface area contributed by atoms with Crippen LogP contribution in [0, 0.1) is 19.8 Å². The number of nitrogens with one attached hydrogen (secondary N) is 1. The molecule has 4 aromatic rings. The average molecular weight is 468 g/mol. The zero-order valence-electron chi connectivity index (χ0n) is 20.1. The lowest BCUT2D eigenvalue weighted by atomic mass is 9.95. The standard InChI is InChI=1S/C28H29N5O2/c1-19-13-20(2)31-28(30-19)32-25-8-4-6-23(15-25)27(34)33-11-12-35-18-21(17-33)14-22-5-3-7-24-16-29-10-9-26(22)24/h3-10,13,15-16,21H,11-12,14,17-18H2,1-2H3,(H,30,31,32)/t21-/m1/s1. The van der Waals surface area contributed by atoms with Crippen LogP contribution in [-0.2, 0) is 11.2 Å². The molecule has 3 heterocycles. The van der Waals surface area contributed by atoms with E-state index in [1.54, 1.807) is 0 Å². The molecule has 1 saturated heterocycles. The molecule has 7 nitrogen and oxygen atoms in total. The number of hydrogen-bond acceptors (Lipinski definition) is 6. The molecule has 1 amide bonds. The second-order valence-corrected chi connectivity index (χ2v) is 9.09. The first-order valence-corrected chi connectivity index (χ1v) is 11.9. The van der Waals surface area contributed by atoms with Gasteiger partial charge in [0.2, 0.25) is 5.95 Å². The van der Waals surface area contributed by atoms with Crippen LogP contribution in [0.1, 0.15) is 27.3 Å². The number of carbonyl (C=O) groups is 1. The molecule has 2 aromatic carbocycles. The van der Waals surface area contributed by atoms with Gasteiger partial charge in [-0.2, -0.15) is 0 Å². The molecule has 7 heteroatoms. The zero-order chi connectivity index (χ0) is 24.2. The molecule has 0 spiro atoms. The van der Waals surface area contributed by atoms with E-state index in [-0.39, 0.29) is 11.8 Å². The third-order valence-corrected chi connectivity index (χ3v) is 6.25. The fourth-order valence-electron chi connectivity index (χ4n) is 4.69. The van der Waals surface area contributed by atoms with Gasteiger partial charge in [-0.25, -0.2) is 9.97 Å². The number of nitrogens with zero attached hydrogens (tertiary/aromatic N) is 4. The Bertz CT molecular complexity index is 1330. The lowest BCUT2D eigenvalue weighted by Gasteiger charge is -2.24. The smallest absolute Gasteiger partial charge is 0.254 e. The van der Waals surface area contributed by atoms with Crippen LogP contribution in [0.25, 0.3) is 10.8 Å². The molecule has 5 rings (SSSR count). The topological polar surface area (TPSA) is 80.2 Å². The van der Waals surface area contributed by atoms with E-state index in [1.807, 2.05) is 61.5 Å². The van der Waals surface area contributed by atoms with Crippen molar-refractivity contribution in [3.63, 3.8) is 0 Å². The number of aryl methyl sites for hydroxylation is 2. The highest BCUT2D eigenvalue weighted by Crippen LogP contribution is 2.23. The van der Waals surface area contributed by atoms with Crippen molar-refractivity contribution in [1.82, 2.24) is 19.9 Å². The largest absolute Gasteiger partial charge is 0.379 e. The van der Waals surface area contributed by atoms with E-state index < -0.39 is 0 Å². The number of amides is 1. The Hall–Kier alpha value is -3.84. The Morgan fingerprint density at radius 1 is 1.09 bits per heavy atom. The summed E-state index contributed by atoms with van der Waals surface area (Å²) in [4.78, 5) is 28.5. The summed E-state index contributed by atoms with van der Waals surface area (Å²) in [6.45, 7) is 6.28. The Labute approximate surface area is 205 Å². The number of ether oxygens (including phenoxy) is 1. The summed E-state index contributed by atoms with van der Waals surface area (Å²) in [5.41, 5.74) is 4.46. The maximum atomic E-state index is 13.5. The van der Waals surface area contributed by atoms with Gasteiger partial charge in [0.25, 0.3) is 5.91 Å². The van der Waals surface area contributed by atoms with Crippen LogP contribution in [0.2, 0.25) is 0 Å². The van der Waals surface area contributed by atoms with Crippen molar-refractivity contribution in [2.45, 2.75) is 20.3 Å². The van der Waals surface area contributed by atoms with Gasteiger partial charge in [-0.15, -0.1) is 0 Å². The van der Waals surface area contributed by atoms with E-state index in [0.29, 0.717) is 37.8 Å². The number of benzene rings is 2. The van der Waals surface area contributed by atoms with E-state index >= 15 is 0 Å². The number of rotatable bonds is 5. The first-order valence-electron chi connectivity index (χ1n) is 11.9. The van der Waals surface area contributed by atoms with Crippen LogP contribution in [0.4, 0.5) is 11.6 Å². The molecule has 1 fully saturated rings. The summed E-state index contributed by atoms with van der Waals surface area (Å²) in [6, 6.07) is 17.8. The van der Waals surface area contributed by atoms with Crippen molar-refractivity contribution in [2.24, 2.45) is 5.92 Å². The first-order chi connectivity index (χ1) is 17.0. The Kier molecular flexibility index (Phi) is 6.68. The number of aromatic nitrogens is 3. The minimum Gasteiger partial charge on any atom is -0.379 e. The van der Waals surface area contributed by atoms with Crippen molar-refractivity contribution in [1.29, 1.82) is 0 Å². The summed E-state index contributed by atoms with van der Waals surface area (Å²) in [5, 5.41) is 5.57. The highest BCUT2D eigenvalue weighted by molar-refractivity contribution is 5.95. The summed E-state index contributed by atoms with van der Waals surface area (Å²) in [6.07, 6.45) is 4.56. The van der Waals surface area contributed by atoms with Gasteiger partial charge in [0.05, 0.1) is 13.2 Å². The third kappa shape index (κ3) is 5.46. The van der Waals surface area contributed by atoms with Crippen LogP contribution in [0.15, 0.2) is 67.0 Å². The number of fused-ring (bicyclic) bond motifs is 1. The molecular formula is C28H29N5O2. The number of carbonyl (C=O) groups excluding carboxylic acids is 1. The molecule has 35 heavy (non-hydrogen) atoms. The Morgan fingerprint density at radius 3 is 2.77 bits per heavy atom. The van der Waals surface area contributed by atoms with Gasteiger partial charge in [0, 0.05) is 59.4 Å². The molecule has 0 aliphatic carbocycles. The van der Waals surface area contributed by atoms with Gasteiger partial charge in [-0.1, -0.05) is 24.3 Å². The van der Waals surface area contributed by atoms with Gasteiger partial charge in [0.1, 0.15) is 0 Å². The van der Waals surface area contributed by atoms with Crippen molar-refractivity contribution >= 4 is 28.3 Å². The zero-order valence-corrected chi connectivity index (χ0v) is 20.1. The van der Waals surface area contributed by atoms with Crippen LogP contribution in [-0.4, -0.2) is 52.1 Å². The lowest BCUT2D eigenvalue weighted by Crippen LogP contribution is -2.36. The van der Waals surface area contributed by atoms with Gasteiger partial charge in [-0.3, -0.25) is 9.78 Å². The van der Waals surface area contributed by atoms with Crippen molar-refractivity contribution in [3.05, 3.63) is 89.5 Å². The molecule has 1 atom stereocenters. The predicted molar refractivity (Wildman–Crippen MR) is 137 cm³/mol. The van der Waals surface area contributed by atoms with Crippen molar-refractivity contribution in [3.8, 4) is 0 Å². The molecule has 0 bridgehead atoms. The molecule has 2 aromatic heterocycles. The highest BCUT2D eigenvalue weighted by Gasteiger charge is 2.24. The average Bonchev–Trinajstić information content (AvgIpc) is 3.09. The van der Waals surface area contributed by atoms with Gasteiger partial charge in [-0.05, 0) is 61.5 Å². The predicted octanol–water partition coefficient (Wildman–Crippen LogP) is 4.72. The summed E-state index contributed by atoms with van der Waals surface area (Å²) in [5.74, 6) is 0.749. The van der Waals surface area contributed by atoms with Crippen LogP contribution in [0.5, 0.6) is 0 Å². The monoisotopic (exact) mass is 467 g/mol. The van der Waals surface area contributed by atoms with Gasteiger partial charge >= 0.3 is 0 Å².